The second-order valence-electron chi connectivity index (χ2n) is 10.6. The van der Waals surface area contributed by atoms with Gasteiger partial charge in [0.1, 0.15) is 16.7 Å². The number of pyridine rings is 1. The van der Waals surface area contributed by atoms with E-state index in [1.807, 2.05) is 32.3 Å². The fourth-order valence-electron chi connectivity index (χ4n) is 5.13. The highest BCUT2D eigenvalue weighted by Crippen LogP contribution is 2.34. The number of aliphatic hydroxyl groups excluding tert-OH is 1. The second-order valence-corrected chi connectivity index (χ2v) is 12.4. The molecule has 0 bridgehead atoms. The van der Waals surface area contributed by atoms with Crippen molar-refractivity contribution in [3.63, 3.8) is 0 Å². The summed E-state index contributed by atoms with van der Waals surface area (Å²) in [6, 6.07) is 8.57. The fraction of sp³-hybridized carbons (Fsp3) is 0.552. The molecule has 1 saturated carbocycles. The highest BCUT2D eigenvalue weighted by molar-refractivity contribution is 7.89. The average Bonchev–Trinajstić information content (AvgIpc) is 2.90. The Morgan fingerprint density at radius 3 is 2.73 bits per heavy atom. The lowest BCUT2D eigenvalue weighted by Gasteiger charge is -2.37. The van der Waals surface area contributed by atoms with Gasteiger partial charge in [0.2, 0.25) is 10.0 Å². The van der Waals surface area contributed by atoms with Crippen molar-refractivity contribution < 1.29 is 18.3 Å². The first-order chi connectivity index (χ1) is 17.8. The van der Waals surface area contributed by atoms with Crippen molar-refractivity contribution in [3.05, 3.63) is 53.9 Å². The van der Waals surface area contributed by atoms with Crippen LogP contribution in [0.3, 0.4) is 0 Å². The van der Waals surface area contributed by atoms with Crippen LogP contribution in [0.25, 0.3) is 0 Å². The summed E-state index contributed by atoms with van der Waals surface area (Å²) in [6.45, 7) is 5.06. The highest BCUT2D eigenvalue weighted by Gasteiger charge is 2.38. The molecule has 2 heterocycles. The van der Waals surface area contributed by atoms with Gasteiger partial charge in [-0.3, -0.25) is 9.88 Å². The molecule has 1 aromatic heterocycles. The minimum Gasteiger partial charge on any atom is -0.487 e. The summed E-state index contributed by atoms with van der Waals surface area (Å²) >= 11 is 0. The van der Waals surface area contributed by atoms with Gasteiger partial charge in [0.25, 0.3) is 0 Å². The highest BCUT2D eigenvalue weighted by atomic mass is 32.2. The smallest absolute Gasteiger partial charge is 0.247 e. The number of likely N-dealkylation sites (N-methyl/N-ethyl adjacent to an activating group) is 1. The second kappa shape index (κ2) is 12.4. The first kappa shape index (κ1) is 27.6. The van der Waals surface area contributed by atoms with E-state index in [4.69, 9.17) is 4.74 Å². The molecule has 0 radical (unpaired) electrons. The number of fused-ring (bicyclic) bond motifs is 1. The van der Waals surface area contributed by atoms with Crippen LogP contribution < -0.4 is 4.74 Å². The minimum atomic E-state index is -3.86. The van der Waals surface area contributed by atoms with Gasteiger partial charge >= 0.3 is 0 Å². The van der Waals surface area contributed by atoms with Crippen LogP contribution in [0.2, 0.25) is 0 Å². The van der Waals surface area contributed by atoms with Crippen molar-refractivity contribution in [2.45, 2.75) is 69.5 Å². The molecule has 3 atom stereocenters. The van der Waals surface area contributed by atoms with Crippen molar-refractivity contribution in [3.8, 4) is 17.6 Å². The van der Waals surface area contributed by atoms with Crippen LogP contribution >= 0.6 is 0 Å². The van der Waals surface area contributed by atoms with Gasteiger partial charge in [0.15, 0.2) is 0 Å². The number of benzene rings is 1. The molecule has 1 aliphatic heterocycles. The van der Waals surface area contributed by atoms with Crippen LogP contribution in [0.1, 0.15) is 57.1 Å². The average molecular weight is 526 g/mol. The summed E-state index contributed by atoms with van der Waals surface area (Å²) in [7, 11) is -1.83. The van der Waals surface area contributed by atoms with Crippen LogP contribution in [0, 0.1) is 23.7 Å². The van der Waals surface area contributed by atoms with Gasteiger partial charge in [-0.2, -0.15) is 4.31 Å². The van der Waals surface area contributed by atoms with Gasteiger partial charge in [-0.15, -0.1) is 0 Å². The third-order valence-corrected chi connectivity index (χ3v) is 9.38. The molecule has 1 aromatic carbocycles. The van der Waals surface area contributed by atoms with E-state index in [-0.39, 0.29) is 30.1 Å². The Balaban J connectivity index is 1.65. The van der Waals surface area contributed by atoms with E-state index in [0.29, 0.717) is 24.8 Å². The van der Waals surface area contributed by atoms with Crippen LogP contribution in [-0.2, 0) is 16.6 Å². The van der Waals surface area contributed by atoms with Crippen molar-refractivity contribution >= 4 is 10.0 Å². The number of hydrogen-bond acceptors (Lipinski definition) is 6. The molecular formula is C29H39N3O4S. The van der Waals surface area contributed by atoms with Crippen molar-refractivity contribution in [1.29, 1.82) is 0 Å². The molecule has 0 spiro atoms. The summed E-state index contributed by atoms with van der Waals surface area (Å²) < 4.78 is 35.3. The van der Waals surface area contributed by atoms with E-state index in [2.05, 4.69) is 21.7 Å². The molecule has 1 fully saturated rings. The van der Waals surface area contributed by atoms with Crippen LogP contribution in [0.5, 0.6) is 5.75 Å². The van der Waals surface area contributed by atoms with E-state index >= 15 is 0 Å². The number of aliphatic hydroxyl groups is 1. The Morgan fingerprint density at radius 1 is 1.24 bits per heavy atom. The Kier molecular flexibility index (Phi) is 9.25. The van der Waals surface area contributed by atoms with Gasteiger partial charge in [-0.1, -0.05) is 44.1 Å². The lowest BCUT2D eigenvalue weighted by molar-refractivity contribution is 0.0733. The first-order valence-corrected chi connectivity index (χ1v) is 14.7. The normalized spacial score (nSPS) is 23.2. The summed E-state index contributed by atoms with van der Waals surface area (Å²) in [5, 5.41) is 9.86. The van der Waals surface area contributed by atoms with E-state index < -0.39 is 16.1 Å². The molecule has 8 heteroatoms. The monoisotopic (exact) mass is 525 g/mol. The van der Waals surface area contributed by atoms with E-state index in [0.717, 1.165) is 24.0 Å². The molecule has 4 rings (SSSR count). The zero-order valence-electron chi connectivity index (χ0n) is 22.1. The zero-order valence-corrected chi connectivity index (χ0v) is 23.0. The lowest BCUT2D eigenvalue weighted by Crippen LogP contribution is -2.49. The molecule has 2 aromatic rings. The topological polar surface area (TPSA) is 83.0 Å². The Morgan fingerprint density at radius 2 is 2.03 bits per heavy atom. The largest absolute Gasteiger partial charge is 0.487 e. The maximum absolute atomic E-state index is 13.7. The van der Waals surface area contributed by atoms with E-state index in [1.165, 1.54) is 23.6 Å². The quantitative estimate of drug-likeness (QED) is 0.576. The predicted molar refractivity (Wildman–Crippen MR) is 144 cm³/mol. The minimum absolute atomic E-state index is 0.106. The third-order valence-electron chi connectivity index (χ3n) is 7.36. The van der Waals surface area contributed by atoms with Crippen LogP contribution in [0.15, 0.2) is 47.6 Å². The number of nitrogens with zero attached hydrogens (tertiary/aromatic N) is 3. The van der Waals surface area contributed by atoms with Gasteiger partial charge in [-0.05, 0) is 56.6 Å². The third kappa shape index (κ3) is 6.91. The number of hydrogen-bond donors (Lipinski definition) is 1. The summed E-state index contributed by atoms with van der Waals surface area (Å²) in [5.74, 6) is 7.30. The number of rotatable bonds is 6. The van der Waals surface area contributed by atoms with Gasteiger partial charge in [0, 0.05) is 55.5 Å². The number of sulfonamides is 1. The molecule has 37 heavy (non-hydrogen) atoms. The Bertz CT molecular complexity index is 1200. The fourth-order valence-corrected chi connectivity index (χ4v) is 6.95. The summed E-state index contributed by atoms with van der Waals surface area (Å²) in [6.07, 6.45) is 9.31. The molecule has 7 nitrogen and oxygen atoms in total. The molecule has 0 unspecified atom stereocenters. The first-order valence-electron chi connectivity index (χ1n) is 13.3. The van der Waals surface area contributed by atoms with Crippen LogP contribution in [0.4, 0.5) is 0 Å². The maximum Gasteiger partial charge on any atom is 0.247 e. The molecule has 2 aliphatic rings. The van der Waals surface area contributed by atoms with Crippen molar-refractivity contribution in [2.75, 3.05) is 26.7 Å². The summed E-state index contributed by atoms with van der Waals surface area (Å²) in [4.78, 5) is 6.50. The molecule has 1 N–H and O–H groups in total. The Labute approximate surface area is 221 Å². The van der Waals surface area contributed by atoms with Crippen LogP contribution in [-0.4, -0.2) is 66.6 Å². The molecular weight excluding hydrogens is 486 g/mol. The Hall–Kier alpha value is -2.44. The van der Waals surface area contributed by atoms with Gasteiger partial charge in [-0.25, -0.2) is 8.42 Å². The molecule has 200 valence electrons. The zero-order chi connectivity index (χ0) is 26.4. The molecule has 0 saturated heterocycles. The lowest BCUT2D eigenvalue weighted by atomic mass is 9.90. The van der Waals surface area contributed by atoms with E-state index in [9.17, 15) is 13.5 Å². The summed E-state index contributed by atoms with van der Waals surface area (Å²) in [5.41, 5.74) is 1.86. The van der Waals surface area contributed by atoms with Crippen molar-refractivity contribution in [1.82, 2.24) is 14.2 Å². The SMILES string of the molecule is C[C@H](CO)N1C[C@H](C)[C@@H](CN(C)Cc2cccnc2)Oc2cc(C#CC3CCCCC3)ccc2S1(=O)=O. The molecule has 1 aliphatic carbocycles. The maximum atomic E-state index is 13.7. The molecule has 0 amide bonds. The predicted octanol–water partition coefficient (Wildman–Crippen LogP) is 3.91. The standard InChI is InChI=1S/C29H39N3O4S/c1-22-18-32(23(2)21-33)37(34,35)29-14-13-25(12-11-24-8-5-4-6-9-24)16-27(29)36-28(22)20-31(3)19-26-10-7-15-30-17-26/h7,10,13-17,22-24,28,33H,4-6,8-9,18-21H2,1-3H3/t22-,23+,28+/m0/s1. The van der Waals surface area contributed by atoms with Crippen molar-refractivity contribution in [2.24, 2.45) is 11.8 Å². The van der Waals surface area contributed by atoms with Gasteiger partial charge < -0.3 is 9.84 Å². The number of aromatic nitrogens is 1. The number of ether oxygens (including phenoxy) is 1. The van der Waals surface area contributed by atoms with Gasteiger partial charge in [0.05, 0.1) is 6.61 Å². The van der Waals surface area contributed by atoms with E-state index in [1.54, 1.807) is 31.3 Å².